The minimum atomic E-state index is -0.396. The molecular weight excluding hydrogens is 314 g/mol. The second-order valence-corrected chi connectivity index (χ2v) is 5.79. The average Bonchev–Trinajstić information content (AvgIpc) is 3.21. The molecule has 0 unspecified atom stereocenters. The van der Waals surface area contributed by atoms with Gasteiger partial charge in [-0.05, 0) is 17.7 Å². The van der Waals surface area contributed by atoms with Gasteiger partial charge >= 0.3 is 0 Å². The monoisotopic (exact) mass is 327 g/mol. The Morgan fingerprint density at radius 2 is 2.13 bits per heavy atom. The number of benzene rings is 1. The topological polar surface area (TPSA) is 105 Å². The van der Waals surface area contributed by atoms with E-state index in [0.717, 1.165) is 17.3 Å². The van der Waals surface area contributed by atoms with Gasteiger partial charge in [-0.3, -0.25) is 4.79 Å². The number of thiazole rings is 1. The van der Waals surface area contributed by atoms with Gasteiger partial charge in [-0.25, -0.2) is 4.98 Å². The van der Waals surface area contributed by atoms with Crippen molar-refractivity contribution in [3.63, 3.8) is 0 Å². The van der Waals surface area contributed by atoms with E-state index in [4.69, 9.17) is 0 Å². The normalized spacial score (nSPS) is 11.6. The summed E-state index contributed by atoms with van der Waals surface area (Å²) >= 11 is 1.24. The number of H-pyrrole nitrogens is 1. The number of aromatic amines is 1. The number of nitrogens with one attached hydrogen (secondary N) is 1. The van der Waals surface area contributed by atoms with E-state index in [9.17, 15) is 9.90 Å². The fourth-order valence-electron chi connectivity index (χ4n) is 1.94. The van der Waals surface area contributed by atoms with Crippen molar-refractivity contribution in [2.24, 2.45) is 0 Å². The Morgan fingerprint density at radius 1 is 1.35 bits per heavy atom. The van der Waals surface area contributed by atoms with E-state index < -0.39 is 5.78 Å². The number of hydrogen-bond acceptors (Lipinski definition) is 7. The fraction of sp³-hybridized carbons (Fsp3) is 0.133. The summed E-state index contributed by atoms with van der Waals surface area (Å²) in [5.74, 6) is -0.777. The molecule has 7 nitrogen and oxygen atoms in total. The maximum atomic E-state index is 12.1. The predicted molar refractivity (Wildman–Crippen MR) is 85.2 cm³/mol. The molecule has 2 heterocycles. The van der Waals surface area contributed by atoms with Crippen LogP contribution in [0.4, 0.5) is 0 Å². The average molecular weight is 327 g/mol. The smallest absolute Gasteiger partial charge is 0.239 e. The van der Waals surface area contributed by atoms with E-state index in [1.807, 2.05) is 36.6 Å². The van der Waals surface area contributed by atoms with Crippen LogP contribution in [0.5, 0.6) is 0 Å². The lowest BCUT2D eigenvalue weighted by atomic mass is 10.1. The lowest BCUT2D eigenvalue weighted by molar-refractivity contribution is 0.104. The first-order valence-electron chi connectivity index (χ1n) is 6.80. The molecule has 3 rings (SSSR count). The van der Waals surface area contributed by atoms with Gasteiger partial charge < -0.3 is 5.11 Å². The van der Waals surface area contributed by atoms with Gasteiger partial charge in [0, 0.05) is 17.9 Å². The molecule has 0 fully saturated rings. The van der Waals surface area contributed by atoms with Crippen molar-refractivity contribution in [1.29, 1.82) is 0 Å². The highest BCUT2D eigenvalue weighted by Gasteiger charge is 2.13. The highest BCUT2D eigenvalue weighted by molar-refractivity contribution is 7.11. The van der Waals surface area contributed by atoms with Crippen LogP contribution < -0.4 is 0 Å². The number of hydrogen-bond donors (Lipinski definition) is 2. The van der Waals surface area contributed by atoms with Gasteiger partial charge in [0.2, 0.25) is 11.6 Å². The van der Waals surface area contributed by atoms with Crippen LogP contribution in [0.15, 0.2) is 35.7 Å². The second kappa shape index (κ2) is 6.49. The molecule has 116 valence electrons. The maximum Gasteiger partial charge on any atom is 0.239 e. The molecule has 0 aliphatic heterocycles. The summed E-state index contributed by atoms with van der Waals surface area (Å²) in [5.41, 5.74) is 3.14. The molecule has 0 spiro atoms. The first-order valence-corrected chi connectivity index (χ1v) is 7.68. The fourth-order valence-corrected chi connectivity index (χ4v) is 2.67. The van der Waals surface area contributed by atoms with Crippen LogP contribution in [0.25, 0.3) is 5.76 Å². The number of aliphatic hydroxyl groups excluding tert-OH is 1. The van der Waals surface area contributed by atoms with Crippen molar-refractivity contribution in [3.8, 4) is 0 Å². The molecule has 0 bridgehead atoms. The van der Waals surface area contributed by atoms with E-state index in [0.29, 0.717) is 11.4 Å². The van der Waals surface area contributed by atoms with Gasteiger partial charge in [0.25, 0.3) is 0 Å². The van der Waals surface area contributed by atoms with Gasteiger partial charge in [0.15, 0.2) is 10.8 Å². The first kappa shape index (κ1) is 15.0. The molecule has 2 N–H and O–H groups in total. The number of aryl methyl sites for hydroxylation is 1. The summed E-state index contributed by atoms with van der Waals surface area (Å²) in [7, 11) is 0. The minimum absolute atomic E-state index is 0.0326. The van der Waals surface area contributed by atoms with Gasteiger partial charge in [0.05, 0.1) is 5.69 Å². The molecule has 1 aromatic carbocycles. The maximum absolute atomic E-state index is 12.1. The van der Waals surface area contributed by atoms with Crippen molar-refractivity contribution in [2.45, 2.75) is 13.3 Å². The Bertz CT molecular complexity index is 837. The zero-order valence-corrected chi connectivity index (χ0v) is 13.0. The van der Waals surface area contributed by atoms with Crippen LogP contribution in [-0.4, -0.2) is 36.5 Å². The molecular formula is C15H13N5O2S. The zero-order chi connectivity index (χ0) is 16.2. The first-order chi connectivity index (χ1) is 11.1. The Morgan fingerprint density at radius 3 is 2.83 bits per heavy atom. The Hall–Kier alpha value is -2.87. The molecule has 0 saturated heterocycles. The van der Waals surface area contributed by atoms with E-state index in [2.05, 4.69) is 25.6 Å². The number of rotatable bonds is 5. The Balaban J connectivity index is 1.72. The number of carbonyl (C=O) groups is 1. The van der Waals surface area contributed by atoms with Gasteiger partial charge in [0.1, 0.15) is 0 Å². The van der Waals surface area contributed by atoms with Crippen molar-refractivity contribution in [2.75, 3.05) is 0 Å². The summed E-state index contributed by atoms with van der Waals surface area (Å²) in [4.78, 5) is 16.4. The third kappa shape index (κ3) is 3.67. The molecule has 8 heteroatoms. The zero-order valence-electron chi connectivity index (χ0n) is 12.2. The highest BCUT2D eigenvalue weighted by Crippen LogP contribution is 2.16. The highest BCUT2D eigenvalue weighted by atomic mass is 32.1. The Kier molecular flexibility index (Phi) is 4.24. The SMILES string of the molecule is Cc1ccc(Cc2csc(C(=O)C=C(O)c3nn[nH]n3)n2)cc1. The summed E-state index contributed by atoms with van der Waals surface area (Å²) in [6.07, 6.45) is 1.70. The molecule has 0 radical (unpaired) electrons. The van der Waals surface area contributed by atoms with Crippen LogP contribution >= 0.6 is 11.3 Å². The second-order valence-electron chi connectivity index (χ2n) is 4.94. The standard InChI is InChI=1S/C15H13N5O2S/c1-9-2-4-10(5-3-9)6-11-8-23-15(16-11)13(22)7-12(21)14-17-19-20-18-14/h2-5,7-8,21H,6H2,1H3,(H,17,18,19,20). The number of ketones is 1. The number of nitrogens with zero attached hydrogens (tertiary/aromatic N) is 4. The van der Waals surface area contributed by atoms with Crippen molar-refractivity contribution in [3.05, 3.63) is 63.4 Å². The summed E-state index contributed by atoms with van der Waals surface area (Å²) in [6.45, 7) is 2.03. The summed E-state index contributed by atoms with van der Waals surface area (Å²) < 4.78 is 0. The number of aromatic nitrogens is 5. The molecule has 23 heavy (non-hydrogen) atoms. The summed E-state index contributed by atoms with van der Waals surface area (Å²) in [6, 6.07) is 8.16. The molecule has 0 aliphatic carbocycles. The van der Waals surface area contributed by atoms with Gasteiger partial charge in [-0.2, -0.15) is 5.21 Å². The van der Waals surface area contributed by atoms with E-state index >= 15 is 0 Å². The number of tetrazole rings is 1. The van der Waals surface area contributed by atoms with Crippen molar-refractivity contribution in [1.82, 2.24) is 25.6 Å². The summed E-state index contributed by atoms with van der Waals surface area (Å²) in [5, 5.41) is 24.6. The molecule has 3 aromatic rings. The van der Waals surface area contributed by atoms with E-state index in [1.165, 1.54) is 16.9 Å². The quantitative estimate of drug-likeness (QED) is 0.423. The number of allylic oxidation sites excluding steroid dienone is 1. The van der Waals surface area contributed by atoms with Gasteiger partial charge in [-0.1, -0.05) is 29.8 Å². The molecule has 0 amide bonds. The lowest BCUT2D eigenvalue weighted by Crippen LogP contribution is -1.98. The van der Waals surface area contributed by atoms with Gasteiger partial charge in [-0.15, -0.1) is 21.5 Å². The van der Waals surface area contributed by atoms with Crippen LogP contribution in [0.3, 0.4) is 0 Å². The van der Waals surface area contributed by atoms with Crippen molar-refractivity contribution < 1.29 is 9.90 Å². The van der Waals surface area contributed by atoms with E-state index in [-0.39, 0.29) is 11.6 Å². The molecule has 0 aliphatic rings. The minimum Gasteiger partial charge on any atom is -0.504 e. The molecule has 0 saturated carbocycles. The lowest BCUT2D eigenvalue weighted by Gasteiger charge is -1.98. The van der Waals surface area contributed by atoms with Crippen molar-refractivity contribution >= 4 is 22.9 Å². The van der Waals surface area contributed by atoms with Crippen LogP contribution in [-0.2, 0) is 6.42 Å². The number of carbonyl (C=O) groups excluding carboxylic acids is 1. The van der Waals surface area contributed by atoms with Crippen LogP contribution in [0.2, 0.25) is 0 Å². The third-order valence-corrected chi connectivity index (χ3v) is 4.02. The Labute approximate surface area is 135 Å². The van der Waals surface area contributed by atoms with E-state index in [1.54, 1.807) is 0 Å². The molecule has 0 atom stereocenters. The third-order valence-electron chi connectivity index (χ3n) is 3.11. The largest absolute Gasteiger partial charge is 0.504 e. The van der Waals surface area contributed by atoms with Crippen LogP contribution in [0, 0.1) is 6.92 Å². The van der Waals surface area contributed by atoms with Crippen LogP contribution in [0.1, 0.15) is 32.4 Å². The predicted octanol–water partition coefficient (Wildman–Crippen LogP) is 2.34. The number of aliphatic hydroxyl groups is 1. The molecule has 2 aromatic heterocycles.